The summed E-state index contributed by atoms with van der Waals surface area (Å²) < 4.78 is 37.9. The molecule has 0 amide bonds. The largest absolute Gasteiger partial charge is 0.454 e. The second-order valence-corrected chi connectivity index (χ2v) is 8.09. The second kappa shape index (κ2) is 6.71. The Labute approximate surface area is 156 Å². The summed E-state index contributed by atoms with van der Waals surface area (Å²) >= 11 is 0. The average molecular weight is 386 g/mol. The molecule has 3 aromatic rings. The number of ether oxygens (including phenoxy) is 2. The van der Waals surface area contributed by atoms with Gasteiger partial charge in [0.15, 0.2) is 11.5 Å². The highest BCUT2D eigenvalue weighted by Gasteiger charge is 2.20. The lowest BCUT2D eigenvalue weighted by atomic mass is 10.1. The van der Waals surface area contributed by atoms with Crippen LogP contribution in [0.2, 0.25) is 0 Å². The number of sulfonamides is 1. The molecule has 0 fully saturated rings. The summed E-state index contributed by atoms with van der Waals surface area (Å²) in [7, 11) is -3.71. The highest BCUT2D eigenvalue weighted by atomic mass is 32.2. The van der Waals surface area contributed by atoms with Gasteiger partial charge in [-0.05, 0) is 42.5 Å². The maximum Gasteiger partial charge on any atom is 0.251 e. The minimum atomic E-state index is -3.71. The second-order valence-electron chi connectivity index (χ2n) is 6.33. The molecule has 2 N–H and O–H groups in total. The molecule has 2 aromatic carbocycles. The van der Waals surface area contributed by atoms with Gasteiger partial charge in [0.25, 0.3) is 5.56 Å². The van der Waals surface area contributed by atoms with E-state index in [1.807, 2.05) is 25.1 Å². The summed E-state index contributed by atoms with van der Waals surface area (Å²) in [4.78, 5) is 15.2. The van der Waals surface area contributed by atoms with Crippen LogP contribution in [0.3, 0.4) is 0 Å². The maximum absolute atomic E-state index is 12.5. The Bertz CT molecular complexity index is 1180. The standard InChI is InChI=1S/C19H18N2O5S/c1-12-3-2-4-13-9-14(19(22)21-18(12)13)7-8-20-27(23,24)15-5-6-16-17(10-15)26-11-25-16/h2-6,9-10,20H,7-8,11H2,1H3,(H,21,22). The van der Waals surface area contributed by atoms with Gasteiger partial charge in [-0.3, -0.25) is 4.79 Å². The Morgan fingerprint density at radius 1 is 1.11 bits per heavy atom. The maximum atomic E-state index is 12.5. The molecule has 0 saturated carbocycles. The third-order valence-corrected chi connectivity index (χ3v) is 5.96. The Hall–Kier alpha value is -2.84. The molecule has 1 aliphatic heterocycles. The number of pyridine rings is 1. The van der Waals surface area contributed by atoms with Gasteiger partial charge in [-0.1, -0.05) is 18.2 Å². The fourth-order valence-electron chi connectivity index (χ4n) is 3.06. The number of aromatic nitrogens is 1. The van der Waals surface area contributed by atoms with Crippen LogP contribution in [-0.4, -0.2) is 26.7 Å². The van der Waals surface area contributed by atoms with Gasteiger partial charge in [0.2, 0.25) is 16.8 Å². The predicted octanol–water partition coefficient (Wildman–Crippen LogP) is 2.09. The van der Waals surface area contributed by atoms with E-state index in [2.05, 4.69) is 9.71 Å². The number of hydrogen-bond donors (Lipinski definition) is 2. The first-order valence-electron chi connectivity index (χ1n) is 8.45. The van der Waals surface area contributed by atoms with Crippen molar-refractivity contribution >= 4 is 20.9 Å². The van der Waals surface area contributed by atoms with Crippen LogP contribution in [0.5, 0.6) is 11.5 Å². The molecule has 8 heteroatoms. The van der Waals surface area contributed by atoms with E-state index < -0.39 is 10.0 Å². The van der Waals surface area contributed by atoms with Crippen LogP contribution < -0.4 is 19.8 Å². The quantitative estimate of drug-likeness (QED) is 0.700. The van der Waals surface area contributed by atoms with Gasteiger partial charge in [0.05, 0.1) is 10.4 Å². The third-order valence-electron chi connectivity index (χ3n) is 4.51. The minimum absolute atomic E-state index is 0.0798. The first-order valence-corrected chi connectivity index (χ1v) is 9.93. The molecule has 1 aromatic heterocycles. The molecule has 140 valence electrons. The molecule has 0 unspecified atom stereocenters. The van der Waals surface area contributed by atoms with Gasteiger partial charge in [-0.25, -0.2) is 13.1 Å². The number of rotatable bonds is 5. The molecular weight excluding hydrogens is 368 g/mol. The molecule has 0 radical (unpaired) electrons. The van der Waals surface area contributed by atoms with Crippen molar-refractivity contribution in [2.45, 2.75) is 18.2 Å². The number of benzene rings is 2. The zero-order valence-electron chi connectivity index (χ0n) is 14.6. The fraction of sp³-hybridized carbons (Fsp3) is 0.211. The van der Waals surface area contributed by atoms with Crippen molar-refractivity contribution in [3.8, 4) is 11.5 Å². The topological polar surface area (TPSA) is 97.5 Å². The molecule has 0 spiro atoms. The van der Waals surface area contributed by atoms with Crippen LogP contribution in [-0.2, 0) is 16.4 Å². The van der Waals surface area contributed by atoms with Crippen LogP contribution in [0, 0.1) is 6.92 Å². The van der Waals surface area contributed by atoms with E-state index in [0.717, 1.165) is 16.5 Å². The summed E-state index contributed by atoms with van der Waals surface area (Å²) in [5.41, 5.74) is 2.10. The van der Waals surface area contributed by atoms with E-state index >= 15 is 0 Å². The molecule has 2 heterocycles. The van der Waals surface area contributed by atoms with Gasteiger partial charge in [0, 0.05) is 18.2 Å². The van der Waals surface area contributed by atoms with Gasteiger partial charge < -0.3 is 14.5 Å². The van der Waals surface area contributed by atoms with Crippen molar-refractivity contribution in [2.24, 2.45) is 0 Å². The average Bonchev–Trinajstić information content (AvgIpc) is 3.11. The lowest BCUT2D eigenvalue weighted by molar-refractivity contribution is 0.174. The summed E-state index contributed by atoms with van der Waals surface area (Å²) in [5.74, 6) is 0.922. The number of fused-ring (bicyclic) bond motifs is 2. The Kier molecular flexibility index (Phi) is 4.37. The zero-order chi connectivity index (χ0) is 19.0. The molecule has 1 aliphatic rings. The molecular formula is C19H18N2O5S. The number of para-hydroxylation sites is 1. The number of H-pyrrole nitrogens is 1. The molecule has 0 atom stereocenters. The summed E-state index contributed by atoms with van der Waals surface area (Å²) in [6, 6.07) is 12.0. The Balaban J connectivity index is 1.50. The third kappa shape index (κ3) is 3.41. The van der Waals surface area contributed by atoms with E-state index in [1.54, 1.807) is 12.1 Å². The van der Waals surface area contributed by atoms with Gasteiger partial charge >= 0.3 is 0 Å². The lowest BCUT2D eigenvalue weighted by Crippen LogP contribution is -2.27. The van der Waals surface area contributed by atoms with Crippen molar-refractivity contribution in [1.29, 1.82) is 0 Å². The van der Waals surface area contributed by atoms with Crippen molar-refractivity contribution in [3.63, 3.8) is 0 Å². The molecule has 7 nitrogen and oxygen atoms in total. The highest BCUT2D eigenvalue weighted by molar-refractivity contribution is 7.89. The predicted molar refractivity (Wildman–Crippen MR) is 101 cm³/mol. The SMILES string of the molecule is Cc1cccc2cc(CCNS(=O)(=O)c3ccc4c(c3)OCO4)c(=O)[nH]c12. The summed E-state index contributed by atoms with van der Waals surface area (Å²) in [6.45, 7) is 2.12. The van der Waals surface area contributed by atoms with Gasteiger partial charge in [-0.15, -0.1) is 0 Å². The van der Waals surface area contributed by atoms with Crippen molar-refractivity contribution in [3.05, 3.63) is 63.9 Å². The number of aryl methyl sites for hydroxylation is 1. The molecule has 0 aliphatic carbocycles. The fourth-order valence-corrected chi connectivity index (χ4v) is 4.11. The lowest BCUT2D eigenvalue weighted by Gasteiger charge is -2.08. The monoisotopic (exact) mass is 386 g/mol. The van der Waals surface area contributed by atoms with E-state index in [4.69, 9.17) is 9.47 Å². The summed E-state index contributed by atoms with van der Waals surface area (Å²) in [5, 5.41) is 0.920. The molecule has 27 heavy (non-hydrogen) atoms. The number of aromatic amines is 1. The van der Waals surface area contributed by atoms with Crippen LogP contribution in [0.4, 0.5) is 0 Å². The Morgan fingerprint density at radius 3 is 2.78 bits per heavy atom. The van der Waals surface area contributed by atoms with E-state index in [0.29, 0.717) is 17.1 Å². The molecule has 0 bridgehead atoms. The minimum Gasteiger partial charge on any atom is -0.454 e. The number of hydrogen-bond acceptors (Lipinski definition) is 5. The first-order chi connectivity index (χ1) is 12.9. The van der Waals surface area contributed by atoms with Crippen molar-refractivity contribution < 1.29 is 17.9 Å². The van der Waals surface area contributed by atoms with E-state index in [1.165, 1.54) is 12.1 Å². The van der Waals surface area contributed by atoms with Crippen LogP contribution in [0.1, 0.15) is 11.1 Å². The van der Waals surface area contributed by atoms with E-state index in [9.17, 15) is 13.2 Å². The van der Waals surface area contributed by atoms with Crippen molar-refractivity contribution in [2.75, 3.05) is 13.3 Å². The first kappa shape index (κ1) is 17.6. The summed E-state index contributed by atoms with van der Waals surface area (Å²) in [6.07, 6.45) is 0.281. The Morgan fingerprint density at radius 2 is 1.93 bits per heavy atom. The van der Waals surface area contributed by atoms with Crippen LogP contribution in [0.15, 0.2) is 52.2 Å². The number of nitrogens with one attached hydrogen (secondary N) is 2. The van der Waals surface area contributed by atoms with Gasteiger partial charge in [0.1, 0.15) is 0 Å². The highest BCUT2D eigenvalue weighted by Crippen LogP contribution is 2.33. The molecule has 4 rings (SSSR count). The van der Waals surface area contributed by atoms with E-state index in [-0.39, 0.29) is 30.2 Å². The zero-order valence-corrected chi connectivity index (χ0v) is 15.4. The normalized spacial score (nSPS) is 13.2. The van der Waals surface area contributed by atoms with Crippen molar-refractivity contribution in [1.82, 2.24) is 9.71 Å². The molecule has 0 saturated heterocycles. The smallest absolute Gasteiger partial charge is 0.251 e. The van der Waals surface area contributed by atoms with Crippen LogP contribution in [0.25, 0.3) is 10.9 Å². The van der Waals surface area contributed by atoms with Gasteiger partial charge in [-0.2, -0.15) is 0 Å². The van der Waals surface area contributed by atoms with Crippen LogP contribution >= 0.6 is 0 Å².